The van der Waals surface area contributed by atoms with Gasteiger partial charge in [-0.15, -0.1) is 0 Å². The van der Waals surface area contributed by atoms with Crippen LogP contribution in [0.5, 0.6) is 5.75 Å². The van der Waals surface area contributed by atoms with Crippen molar-refractivity contribution in [2.75, 3.05) is 13.7 Å². The number of carboxylic acid groups (broad SMARTS) is 1. The number of carbonyl (C=O) groups is 2. The SMILES string of the molecule is COc1ccc(CC(=O)O)c(CN(CC(C)(C)C)C(C)=O)c1-c1ccc(C(F)(F)F)cc1. The van der Waals surface area contributed by atoms with Gasteiger partial charge in [-0.3, -0.25) is 9.59 Å². The van der Waals surface area contributed by atoms with Crippen molar-refractivity contribution in [3.05, 3.63) is 53.1 Å². The van der Waals surface area contributed by atoms with Crippen LogP contribution in [0.2, 0.25) is 0 Å². The average molecular weight is 451 g/mol. The molecule has 0 saturated carbocycles. The Morgan fingerprint density at radius 2 is 1.62 bits per heavy atom. The fourth-order valence-corrected chi connectivity index (χ4v) is 3.53. The fourth-order valence-electron chi connectivity index (χ4n) is 3.53. The predicted octanol–water partition coefficient (Wildman–Crippen LogP) is 5.40. The van der Waals surface area contributed by atoms with Crippen molar-refractivity contribution in [1.82, 2.24) is 4.90 Å². The number of carboxylic acids is 1. The van der Waals surface area contributed by atoms with E-state index in [1.807, 2.05) is 20.8 Å². The van der Waals surface area contributed by atoms with Gasteiger partial charge in [-0.2, -0.15) is 13.2 Å². The molecule has 32 heavy (non-hydrogen) atoms. The summed E-state index contributed by atoms with van der Waals surface area (Å²) in [5, 5.41) is 9.40. The van der Waals surface area contributed by atoms with Crippen molar-refractivity contribution in [2.45, 2.75) is 46.8 Å². The summed E-state index contributed by atoms with van der Waals surface area (Å²) in [5.41, 5.74) is 0.906. The molecule has 2 aromatic rings. The van der Waals surface area contributed by atoms with Crippen molar-refractivity contribution >= 4 is 11.9 Å². The van der Waals surface area contributed by atoms with Crippen LogP contribution in [0.25, 0.3) is 11.1 Å². The number of halogens is 3. The number of nitrogens with zero attached hydrogens (tertiary/aromatic N) is 1. The number of hydrogen-bond acceptors (Lipinski definition) is 3. The zero-order chi connectivity index (χ0) is 24.3. The van der Waals surface area contributed by atoms with Gasteiger partial charge in [-0.1, -0.05) is 39.0 Å². The van der Waals surface area contributed by atoms with Crippen LogP contribution in [-0.4, -0.2) is 35.5 Å². The number of methoxy groups -OCH3 is 1. The van der Waals surface area contributed by atoms with Gasteiger partial charge in [0.2, 0.25) is 5.91 Å². The molecule has 1 amide bonds. The lowest BCUT2D eigenvalue weighted by molar-refractivity contribution is -0.138. The van der Waals surface area contributed by atoms with Gasteiger partial charge < -0.3 is 14.7 Å². The summed E-state index contributed by atoms with van der Waals surface area (Å²) in [4.78, 5) is 25.5. The van der Waals surface area contributed by atoms with Gasteiger partial charge in [0.25, 0.3) is 0 Å². The maximum absolute atomic E-state index is 13.0. The molecule has 0 aliphatic carbocycles. The molecule has 1 N–H and O–H groups in total. The lowest BCUT2D eigenvalue weighted by Crippen LogP contribution is -2.36. The molecular weight excluding hydrogens is 423 g/mol. The highest BCUT2D eigenvalue weighted by atomic mass is 19.4. The molecule has 2 aromatic carbocycles. The van der Waals surface area contributed by atoms with Gasteiger partial charge in [0, 0.05) is 25.6 Å². The van der Waals surface area contributed by atoms with Crippen LogP contribution in [0.4, 0.5) is 13.2 Å². The minimum Gasteiger partial charge on any atom is -0.496 e. The zero-order valence-electron chi connectivity index (χ0n) is 18.8. The molecule has 8 heteroatoms. The summed E-state index contributed by atoms with van der Waals surface area (Å²) in [6, 6.07) is 7.82. The predicted molar refractivity (Wildman–Crippen MR) is 115 cm³/mol. The lowest BCUT2D eigenvalue weighted by atomic mass is 9.90. The van der Waals surface area contributed by atoms with Crippen molar-refractivity contribution in [3.8, 4) is 16.9 Å². The molecule has 0 saturated heterocycles. The molecule has 5 nitrogen and oxygen atoms in total. The number of benzene rings is 2. The Morgan fingerprint density at radius 3 is 2.06 bits per heavy atom. The van der Waals surface area contributed by atoms with E-state index < -0.39 is 17.7 Å². The fraction of sp³-hybridized carbons (Fsp3) is 0.417. The van der Waals surface area contributed by atoms with Crippen LogP contribution in [0.1, 0.15) is 44.4 Å². The third-order valence-electron chi connectivity index (χ3n) is 4.89. The van der Waals surface area contributed by atoms with Gasteiger partial charge in [-0.25, -0.2) is 0 Å². The molecule has 0 unspecified atom stereocenters. The molecule has 174 valence electrons. The van der Waals surface area contributed by atoms with E-state index in [9.17, 15) is 27.9 Å². The minimum absolute atomic E-state index is 0.1000. The number of rotatable bonds is 7. The number of alkyl halides is 3. The van der Waals surface area contributed by atoms with Crippen molar-refractivity contribution < 1.29 is 32.6 Å². The summed E-state index contributed by atoms with van der Waals surface area (Å²) in [5.74, 6) is -0.865. The van der Waals surface area contributed by atoms with Gasteiger partial charge in [0.05, 0.1) is 19.1 Å². The molecule has 0 spiro atoms. The number of hydrogen-bond donors (Lipinski definition) is 1. The highest BCUT2D eigenvalue weighted by Gasteiger charge is 2.30. The Labute approximate surface area is 185 Å². The second kappa shape index (κ2) is 9.63. The maximum Gasteiger partial charge on any atom is 0.416 e. The Kier molecular flexibility index (Phi) is 7.59. The van der Waals surface area contributed by atoms with E-state index in [-0.39, 0.29) is 24.3 Å². The molecule has 0 aliphatic rings. The number of carbonyl (C=O) groups excluding carboxylic acids is 1. The summed E-state index contributed by atoms with van der Waals surface area (Å²) in [6.45, 7) is 7.87. The smallest absolute Gasteiger partial charge is 0.416 e. The lowest BCUT2D eigenvalue weighted by Gasteiger charge is -2.31. The average Bonchev–Trinajstić information content (AvgIpc) is 2.66. The van der Waals surface area contributed by atoms with Gasteiger partial charge >= 0.3 is 12.1 Å². The molecule has 0 aromatic heterocycles. The largest absolute Gasteiger partial charge is 0.496 e. The van der Waals surface area contributed by atoms with Crippen molar-refractivity contribution in [1.29, 1.82) is 0 Å². The number of aliphatic carboxylic acids is 1. The third kappa shape index (κ3) is 6.48. The normalized spacial score (nSPS) is 11.9. The van der Waals surface area contributed by atoms with Crippen molar-refractivity contribution in [3.63, 3.8) is 0 Å². The maximum atomic E-state index is 13.0. The van der Waals surface area contributed by atoms with Gasteiger partial charge in [0.1, 0.15) is 5.75 Å². The van der Waals surface area contributed by atoms with Crippen LogP contribution in [0.3, 0.4) is 0 Å². The molecule has 0 heterocycles. The summed E-state index contributed by atoms with van der Waals surface area (Å²) in [7, 11) is 1.43. The van der Waals surface area contributed by atoms with Crippen LogP contribution >= 0.6 is 0 Å². The van der Waals surface area contributed by atoms with E-state index in [2.05, 4.69) is 0 Å². The van der Waals surface area contributed by atoms with Crippen LogP contribution < -0.4 is 4.74 Å². The molecule has 2 rings (SSSR count). The standard InChI is InChI=1S/C24H28F3NO4/c1-15(29)28(14-23(2,3)4)13-19-17(12-21(30)31)8-11-20(32-5)22(19)16-6-9-18(10-7-16)24(25,26)27/h6-11H,12-14H2,1-5H3,(H,30,31). The first-order valence-corrected chi connectivity index (χ1v) is 10.1. The minimum atomic E-state index is -4.48. The van der Waals surface area contributed by atoms with E-state index in [1.165, 1.54) is 26.2 Å². The molecule has 0 radical (unpaired) electrons. The monoisotopic (exact) mass is 451 g/mol. The second-order valence-electron chi connectivity index (χ2n) is 8.86. The molecule has 0 fully saturated rings. The highest BCUT2D eigenvalue weighted by molar-refractivity contribution is 5.80. The van der Waals surface area contributed by atoms with Crippen LogP contribution in [0.15, 0.2) is 36.4 Å². The van der Waals surface area contributed by atoms with Gasteiger partial charge in [0.15, 0.2) is 0 Å². The van der Waals surface area contributed by atoms with E-state index in [0.29, 0.717) is 34.5 Å². The summed E-state index contributed by atoms with van der Waals surface area (Å²) in [6.07, 6.45) is -4.77. The topological polar surface area (TPSA) is 66.8 Å². The number of ether oxygens (including phenoxy) is 1. The quantitative estimate of drug-likeness (QED) is 0.612. The van der Waals surface area contributed by atoms with Gasteiger partial charge in [-0.05, 0) is 40.3 Å². The molecular formula is C24H28F3NO4. The Balaban J connectivity index is 2.70. The molecule has 0 atom stereocenters. The van der Waals surface area contributed by atoms with Crippen LogP contribution in [0, 0.1) is 5.41 Å². The van der Waals surface area contributed by atoms with Crippen molar-refractivity contribution in [2.24, 2.45) is 5.41 Å². The zero-order valence-corrected chi connectivity index (χ0v) is 18.8. The first-order valence-electron chi connectivity index (χ1n) is 10.1. The van der Waals surface area contributed by atoms with E-state index >= 15 is 0 Å². The first-order chi connectivity index (χ1) is 14.7. The summed E-state index contributed by atoms with van der Waals surface area (Å²) < 4.78 is 44.6. The highest BCUT2D eigenvalue weighted by Crippen LogP contribution is 2.38. The Hall–Kier alpha value is -3.03. The molecule has 0 bridgehead atoms. The summed E-state index contributed by atoms with van der Waals surface area (Å²) >= 11 is 0. The van der Waals surface area contributed by atoms with Crippen LogP contribution in [-0.2, 0) is 28.7 Å². The molecule has 0 aliphatic heterocycles. The third-order valence-corrected chi connectivity index (χ3v) is 4.89. The number of amides is 1. The first kappa shape index (κ1) is 25.2. The van der Waals surface area contributed by atoms with E-state index in [4.69, 9.17) is 4.74 Å². The Bertz CT molecular complexity index is 976. The Morgan fingerprint density at radius 1 is 1.03 bits per heavy atom. The second-order valence-corrected chi connectivity index (χ2v) is 8.86. The van der Waals surface area contributed by atoms with E-state index in [1.54, 1.807) is 17.0 Å². The van der Waals surface area contributed by atoms with E-state index in [0.717, 1.165) is 12.1 Å².